The molecule has 100 valence electrons. The lowest BCUT2D eigenvalue weighted by Crippen LogP contribution is -2.40. The smallest absolute Gasteiger partial charge is 0.239 e. The molecule has 1 unspecified atom stereocenters. The number of nitrogens with zero attached hydrogens (tertiary/aromatic N) is 1. The van der Waals surface area contributed by atoms with Gasteiger partial charge in [-0.1, -0.05) is 20.8 Å². The van der Waals surface area contributed by atoms with Crippen molar-refractivity contribution in [3.63, 3.8) is 0 Å². The summed E-state index contributed by atoms with van der Waals surface area (Å²) in [4.78, 5) is 24.6. The van der Waals surface area contributed by atoms with Gasteiger partial charge in [-0.25, -0.2) is 0 Å². The predicted molar refractivity (Wildman–Crippen MR) is 68.3 cm³/mol. The first-order valence-electron chi connectivity index (χ1n) is 6.07. The van der Waals surface area contributed by atoms with Crippen LogP contribution in [0, 0.1) is 11.8 Å². The Kier molecular flexibility index (Phi) is 7.54. The van der Waals surface area contributed by atoms with Crippen molar-refractivity contribution in [2.45, 2.75) is 27.2 Å². The average Bonchev–Trinajstić information content (AvgIpc) is 2.25. The summed E-state index contributed by atoms with van der Waals surface area (Å²) in [6, 6.07) is 0. The van der Waals surface area contributed by atoms with Gasteiger partial charge in [0, 0.05) is 20.0 Å². The Bertz CT molecular complexity index is 254. The zero-order valence-electron chi connectivity index (χ0n) is 11.3. The van der Waals surface area contributed by atoms with Gasteiger partial charge in [0.25, 0.3) is 0 Å². The van der Waals surface area contributed by atoms with Crippen molar-refractivity contribution >= 4 is 11.8 Å². The van der Waals surface area contributed by atoms with Gasteiger partial charge in [-0.2, -0.15) is 0 Å². The second kappa shape index (κ2) is 8.06. The first kappa shape index (κ1) is 15.9. The van der Waals surface area contributed by atoms with Crippen molar-refractivity contribution in [2.24, 2.45) is 17.6 Å². The van der Waals surface area contributed by atoms with Gasteiger partial charge in [-0.05, 0) is 18.4 Å². The number of hydrogen-bond donors (Lipinski definition) is 2. The quantitative estimate of drug-likeness (QED) is 0.671. The van der Waals surface area contributed by atoms with Gasteiger partial charge in [0.15, 0.2) is 0 Å². The molecule has 5 heteroatoms. The first-order valence-corrected chi connectivity index (χ1v) is 6.07. The van der Waals surface area contributed by atoms with E-state index in [0.717, 1.165) is 0 Å². The third-order valence-electron chi connectivity index (χ3n) is 2.44. The lowest BCUT2D eigenvalue weighted by atomic mass is 10.1. The topological polar surface area (TPSA) is 75.4 Å². The number of amides is 2. The van der Waals surface area contributed by atoms with Crippen molar-refractivity contribution in [2.75, 3.05) is 26.7 Å². The Balaban J connectivity index is 3.94. The highest BCUT2D eigenvalue weighted by atomic mass is 16.2. The molecule has 0 fully saturated rings. The van der Waals surface area contributed by atoms with Gasteiger partial charge in [-0.3, -0.25) is 9.59 Å². The summed E-state index contributed by atoms with van der Waals surface area (Å²) in [5.41, 5.74) is 5.45. The molecule has 5 nitrogen and oxygen atoms in total. The largest absolute Gasteiger partial charge is 0.354 e. The van der Waals surface area contributed by atoms with Crippen molar-refractivity contribution < 1.29 is 9.59 Å². The summed E-state index contributed by atoms with van der Waals surface area (Å²) >= 11 is 0. The Morgan fingerprint density at radius 1 is 1.29 bits per heavy atom. The molecule has 3 N–H and O–H groups in total. The third-order valence-corrected chi connectivity index (χ3v) is 2.44. The molecule has 0 rings (SSSR count). The second-order valence-corrected chi connectivity index (χ2v) is 4.99. The van der Waals surface area contributed by atoms with Crippen LogP contribution in [-0.2, 0) is 9.59 Å². The van der Waals surface area contributed by atoms with Crippen LogP contribution in [0.25, 0.3) is 0 Å². The molecular weight excluding hydrogens is 218 g/mol. The van der Waals surface area contributed by atoms with Gasteiger partial charge < -0.3 is 16.0 Å². The minimum absolute atomic E-state index is 0.0392. The van der Waals surface area contributed by atoms with Crippen LogP contribution in [0.2, 0.25) is 0 Å². The second-order valence-electron chi connectivity index (χ2n) is 4.99. The maximum Gasteiger partial charge on any atom is 0.239 e. The van der Waals surface area contributed by atoms with E-state index in [9.17, 15) is 9.59 Å². The summed E-state index contributed by atoms with van der Waals surface area (Å²) in [6.07, 6.45) is 0.393. The van der Waals surface area contributed by atoms with Crippen LogP contribution >= 0.6 is 0 Å². The van der Waals surface area contributed by atoms with E-state index in [1.165, 1.54) is 4.90 Å². The maximum absolute atomic E-state index is 11.7. The summed E-state index contributed by atoms with van der Waals surface area (Å²) in [7, 11) is 1.64. The molecule has 2 amide bonds. The van der Waals surface area contributed by atoms with Gasteiger partial charge in [0.05, 0.1) is 6.54 Å². The lowest BCUT2D eigenvalue weighted by molar-refractivity contribution is -0.135. The van der Waals surface area contributed by atoms with Gasteiger partial charge >= 0.3 is 0 Å². The monoisotopic (exact) mass is 243 g/mol. The van der Waals surface area contributed by atoms with Crippen LogP contribution in [0.5, 0.6) is 0 Å². The number of nitrogens with one attached hydrogen (secondary N) is 1. The van der Waals surface area contributed by atoms with E-state index in [0.29, 0.717) is 25.4 Å². The highest BCUT2D eigenvalue weighted by Crippen LogP contribution is 2.02. The fraction of sp³-hybridized carbons (Fsp3) is 0.833. The zero-order valence-corrected chi connectivity index (χ0v) is 11.3. The van der Waals surface area contributed by atoms with Crippen molar-refractivity contribution in [1.82, 2.24) is 10.2 Å². The number of nitrogens with two attached hydrogens (primary N) is 1. The average molecular weight is 243 g/mol. The summed E-state index contributed by atoms with van der Waals surface area (Å²) < 4.78 is 0. The summed E-state index contributed by atoms with van der Waals surface area (Å²) in [6.45, 7) is 7.21. The molecule has 0 aliphatic carbocycles. The van der Waals surface area contributed by atoms with E-state index >= 15 is 0 Å². The first-order chi connectivity index (χ1) is 7.86. The summed E-state index contributed by atoms with van der Waals surface area (Å²) in [5.74, 6) is 0.415. The van der Waals surface area contributed by atoms with Crippen LogP contribution in [-0.4, -0.2) is 43.4 Å². The highest BCUT2D eigenvalue weighted by molar-refractivity contribution is 5.84. The lowest BCUT2D eigenvalue weighted by Gasteiger charge is -2.19. The Labute approximate surface area is 104 Å². The van der Waals surface area contributed by atoms with Gasteiger partial charge in [0.1, 0.15) is 0 Å². The van der Waals surface area contributed by atoms with E-state index in [2.05, 4.69) is 5.32 Å². The fourth-order valence-corrected chi connectivity index (χ4v) is 1.21. The molecule has 0 radical (unpaired) electrons. The van der Waals surface area contributed by atoms with Crippen LogP contribution in [0.4, 0.5) is 0 Å². The van der Waals surface area contributed by atoms with Crippen LogP contribution in [0.15, 0.2) is 0 Å². The Hall–Kier alpha value is -1.10. The van der Waals surface area contributed by atoms with Gasteiger partial charge in [0.2, 0.25) is 11.8 Å². The molecule has 0 aromatic heterocycles. The SMILES string of the molecule is CC(C)CNC(=O)CN(C)C(=O)CC(C)CN. The Morgan fingerprint density at radius 3 is 2.35 bits per heavy atom. The molecule has 0 bridgehead atoms. The van der Waals surface area contributed by atoms with E-state index < -0.39 is 0 Å². The fourth-order valence-electron chi connectivity index (χ4n) is 1.21. The zero-order chi connectivity index (χ0) is 13.4. The molecule has 0 heterocycles. The number of rotatable bonds is 7. The molecule has 0 saturated carbocycles. The molecule has 0 aliphatic rings. The minimum atomic E-state index is -0.116. The van der Waals surface area contributed by atoms with E-state index in [4.69, 9.17) is 5.73 Å². The van der Waals surface area contributed by atoms with E-state index in [1.54, 1.807) is 7.05 Å². The number of carbonyl (C=O) groups excluding carboxylic acids is 2. The minimum Gasteiger partial charge on any atom is -0.354 e. The highest BCUT2D eigenvalue weighted by Gasteiger charge is 2.15. The van der Waals surface area contributed by atoms with E-state index in [-0.39, 0.29) is 24.3 Å². The normalized spacial score (nSPS) is 12.4. The van der Waals surface area contributed by atoms with Crippen molar-refractivity contribution in [3.05, 3.63) is 0 Å². The van der Waals surface area contributed by atoms with Crippen LogP contribution in [0.1, 0.15) is 27.2 Å². The standard InChI is InChI=1S/C12H25N3O2/c1-9(2)7-14-11(16)8-15(4)12(17)5-10(3)6-13/h9-10H,5-8,13H2,1-4H3,(H,14,16). The van der Waals surface area contributed by atoms with Crippen molar-refractivity contribution in [1.29, 1.82) is 0 Å². The molecule has 17 heavy (non-hydrogen) atoms. The third kappa shape index (κ3) is 7.74. The number of likely N-dealkylation sites (N-methyl/N-ethyl adjacent to an activating group) is 1. The Morgan fingerprint density at radius 2 is 1.88 bits per heavy atom. The van der Waals surface area contributed by atoms with Crippen LogP contribution < -0.4 is 11.1 Å². The van der Waals surface area contributed by atoms with Crippen LogP contribution in [0.3, 0.4) is 0 Å². The van der Waals surface area contributed by atoms with Crippen molar-refractivity contribution in [3.8, 4) is 0 Å². The molecule has 0 saturated heterocycles. The van der Waals surface area contributed by atoms with E-state index in [1.807, 2.05) is 20.8 Å². The molecule has 0 aliphatic heterocycles. The molecular formula is C12H25N3O2. The predicted octanol–water partition coefficient (Wildman–Crippen LogP) is 0.202. The number of carbonyl (C=O) groups is 2. The molecule has 0 aromatic carbocycles. The maximum atomic E-state index is 11.7. The molecule has 0 spiro atoms. The van der Waals surface area contributed by atoms with Gasteiger partial charge in [-0.15, -0.1) is 0 Å². The number of hydrogen-bond acceptors (Lipinski definition) is 3. The summed E-state index contributed by atoms with van der Waals surface area (Å²) in [5, 5.41) is 2.78. The molecule has 0 aromatic rings. The molecule has 1 atom stereocenters.